The first kappa shape index (κ1) is 17.4. The third kappa shape index (κ3) is 6.19. The second-order valence-electron chi connectivity index (χ2n) is 5.18. The smallest absolute Gasteiger partial charge is 0.240 e. The van der Waals surface area contributed by atoms with Gasteiger partial charge in [0.2, 0.25) is 17.7 Å². The molecule has 7 nitrogen and oxygen atoms in total. The molecule has 0 aliphatic rings. The standard InChI is InChI=1S/C12H24N4O3/c1-6(2)9(13)12(19)15-5-8(17)16-10(7(3)4)11(14)18/h6-7,9-10H,5,13H2,1-4H3,(H2,14,18)(H,15,19)(H,16,17)/t9-,10-/m0/s1. The summed E-state index contributed by atoms with van der Waals surface area (Å²) >= 11 is 0. The van der Waals surface area contributed by atoms with Crippen LogP contribution in [0, 0.1) is 11.8 Å². The summed E-state index contributed by atoms with van der Waals surface area (Å²) in [6.07, 6.45) is 0. The van der Waals surface area contributed by atoms with Crippen molar-refractivity contribution in [1.29, 1.82) is 0 Å². The Labute approximate surface area is 113 Å². The molecular weight excluding hydrogens is 248 g/mol. The number of primary amides is 1. The fourth-order valence-electron chi connectivity index (χ4n) is 1.38. The summed E-state index contributed by atoms with van der Waals surface area (Å²) in [5, 5.41) is 4.89. The Balaban J connectivity index is 4.26. The lowest BCUT2D eigenvalue weighted by molar-refractivity contribution is -0.129. The van der Waals surface area contributed by atoms with Crippen LogP contribution in [0.4, 0.5) is 0 Å². The van der Waals surface area contributed by atoms with E-state index in [-0.39, 0.29) is 18.4 Å². The number of hydrogen-bond acceptors (Lipinski definition) is 4. The summed E-state index contributed by atoms with van der Waals surface area (Å²) in [6, 6.07) is -1.41. The van der Waals surface area contributed by atoms with Gasteiger partial charge in [-0.3, -0.25) is 14.4 Å². The average molecular weight is 272 g/mol. The minimum atomic E-state index is -0.747. The fourth-order valence-corrected chi connectivity index (χ4v) is 1.38. The normalized spacial score (nSPS) is 14.1. The van der Waals surface area contributed by atoms with Crippen molar-refractivity contribution in [3.63, 3.8) is 0 Å². The van der Waals surface area contributed by atoms with E-state index in [4.69, 9.17) is 11.5 Å². The molecule has 0 unspecified atom stereocenters. The van der Waals surface area contributed by atoms with E-state index in [0.29, 0.717) is 0 Å². The molecule has 0 fully saturated rings. The first-order chi connectivity index (χ1) is 8.66. The van der Waals surface area contributed by atoms with E-state index in [1.54, 1.807) is 13.8 Å². The van der Waals surface area contributed by atoms with Crippen molar-refractivity contribution >= 4 is 17.7 Å². The molecular formula is C12H24N4O3. The second kappa shape index (κ2) is 7.73. The van der Waals surface area contributed by atoms with E-state index in [1.807, 2.05) is 13.8 Å². The van der Waals surface area contributed by atoms with E-state index < -0.39 is 29.8 Å². The topological polar surface area (TPSA) is 127 Å². The van der Waals surface area contributed by atoms with Gasteiger partial charge >= 0.3 is 0 Å². The van der Waals surface area contributed by atoms with Gasteiger partial charge in [-0.2, -0.15) is 0 Å². The molecule has 0 radical (unpaired) electrons. The van der Waals surface area contributed by atoms with Crippen molar-refractivity contribution in [3.8, 4) is 0 Å². The summed E-state index contributed by atoms with van der Waals surface area (Å²) < 4.78 is 0. The van der Waals surface area contributed by atoms with Crippen LogP contribution >= 0.6 is 0 Å². The van der Waals surface area contributed by atoms with Crippen LogP contribution in [-0.2, 0) is 14.4 Å². The second-order valence-corrected chi connectivity index (χ2v) is 5.18. The van der Waals surface area contributed by atoms with Crippen LogP contribution in [0.1, 0.15) is 27.7 Å². The highest BCUT2D eigenvalue weighted by atomic mass is 16.2. The average Bonchev–Trinajstić information content (AvgIpc) is 2.30. The number of amides is 3. The van der Waals surface area contributed by atoms with E-state index in [1.165, 1.54) is 0 Å². The van der Waals surface area contributed by atoms with E-state index in [2.05, 4.69) is 10.6 Å². The Kier molecular flexibility index (Phi) is 7.06. The number of hydrogen-bond donors (Lipinski definition) is 4. The lowest BCUT2D eigenvalue weighted by atomic mass is 10.0. The number of carbonyl (C=O) groups excluding carboxylic acids is 3. The van der Waals surface area contributed by atoms with E-state index in [9.17, 15) is 14.4 Å². The molecule has 7 heteroatoms. The molecule has 0 aliphatic heterocycles. The molecule has 6 N–H and O–H groups in total. The van der Waals surface area contributed by atoms with Gasteiger partial charge in [0.1, 0.15) is 6.04 Å². The van der Waals surface area contributed by atoms with Crippen molar-refractivity contribution in [2.24, 2.45) is 23.3 Å². The predicted molar refractivity (Wildman–Crippen MR) is 71.8 cm³/mol. The van der Waals surface area contributed by atoms with Gasteiger partial charge in [0.05, 0.1) is 12.6 Å². The van der Waals surface area contributed by atoms with Gasteiger partial charge in [-0.05, 0) is 11.8 Å². The molecule has 19 heavy (non-hydrogen) atoms. The molecule has 0 aromatic heterocycles. The monoisotopic (exact) mass is 272 g/mol. The molecule has 0 saturated carbocycles. The minimum Gasteiger partial charge on any atom is -0.368 e. The van der Waals surface area contributed by atoms with Crippen molar-refractivity contribution in [3.05, 3.63) is 0 Å². The van der Waals surface area contributed by atoms with Crippen LogP contribution in [0.25, 0.3) is 0 Å². The zero-order valence-electron chi connectivity index (χ0n) is 11.9. The van der Waals surface area contributed by atoms with Crippen LogP contribution in [0.3, 0.4) is 0 Å². The van der Waals surface area contributed by atoms with Crippen LogP contribution in [0.2, 0.25) is 0 Å². The van der Waals surface area contributed by atoms with Gasteiger partial charge in [-0.15, -0.1) is 0 Å². The largest absolute Gasteiger partial charge is 0.368 e. The molecule has 0 bridgehead atoms. The van der Waals surface area contributed by atoms with Gasteiger partial charge in [0.15, 0.2) is 0 Å². The molecule has 0 spiro atoms. The Morgan fingerprint density at radius 3 is 1.95 bits per heavy atom. The molecule has 0 aromatic carbocycles. The summed E-state index contributed by atoms with van der Waals surface area (Å²) in [5.74, 6) is -1.60. The summed E-state index contributed by atoms with van der Waals surface area (Å²) in [7, 11) is 0. The Bertz CT molecular complexity index is 342. The molecule has 0 heterocycles. The SMILES string of the molecule is CC(C)[C@H](N)C(=O)NCC(=O)N[C@H](C(N)=O)C(C)C. The lowest BCUT2D eigenvalue weighted by Crippen LogP contribution is -2.52. The van der Waals surface area contributed by atoms with E-state index >= 15 is 0 Å². The van der Waals surface area contributed by atoms with Gasteiger partial charge < -0.3 is 22.1 Å². The quantitative estimate of drug-likeness (QED) is 0.460. The highest BCUT2D eigenvalue weighted by molar-refractivity contribution is 5.90. The Morgan fingerprint density at radius 1 is 1.05 bits per heavy atom. The Hall–Kier alpha value is -1.63. The van der Waals surface area contributed by atoms with Gasteiger partial charge in [-0.25, -0.2) is 0 Å². The number of carbonyl (C=O) groups is 3. The first-order valence-corrected chi connectivity index (χ1v) is 6.28. The van der Waals surface area contributed by atoms with Crippen LogP contribution < -0.4 is 22.1 Å². The molecule has 0 rings (SSSR count). The first-order valence-electron chi connectivity index (χ1n) is 6.28. The zero-order valence-corrected chi connectivity index (χ0v) is 11.9. The van der Waals surface area contributed by atoms with Crippen molar-refractivity contribution < 1.29 is 14.4 Å². The van der Waals surface area contributed by atoms with Gasteiger partial charge in [-0.1, -0.05) is 27.7 Å². The third-order valence-electron chi connectivity index (χ3n) is 2.73. The van der Waals surface area contributed by atoms with Crippen molar-refractivity contribution in [2.75, 3.05) is 6.54 Å². The van der Waals surface area contributed by atoms with Gasteiger partial charge in [0.25, 0.3) is 0 Å². The maximum Gasteiger partial charge on any atom is 0.240 e. The predicted octanol–water partition coefficient (Wildman–Crippen LogP) is -1.29. The number of nitrogens with one attached hydrogen (secondary N) is 2. The molecule has 0 saturated heterocycles. The van der Waals surface area contributed by atoms with Crippen LogP contribution in [-0.4, -0.2) is 36.3 Å². The van der Waals surface area contributed by atoms with Crippen LogP contribution in [0.15, 0.2) is 0 Å². The molecule has 0 aliphatic carbocycles. The summed E-state index contributed by atoms with van der Waals surface area (Å²) in [6.45, 7) is 6.93. The van der Waals surface area contributed by atoms with Crippen LogP contribution in [0.5, 0.6) is 0 Å². The van der Waals surface area contributed by atoms with E-state index in [0.717, 1.165) is 0 Å². The summed E-state index contributed by atoms with van der Waals surface area (Å²) in [4.78, 5) is 34.2. The van der Waals surface area contributed by atoms with Crippen molar-refractivity contribution in [2.45, 2.75) is 39.8 Å². The molecule has 3 amide bonds. The lowest BCUT2D eigenvalue weighted by Gasteiger charge is -2.20. The highest BCUT2D eigenvalue weighted by Crippen LogP contribution is 2.00. The number of nitrogens with two attached hydrogens (primary N) is 2. The number of rotatable bonds is 7. The molecule has 0 aromatic rings. The van der Waals surface area contributed by atoms with Crippen molar-refractivity contribution in [1.82, 2.24) is 10.6 Å². The van der Waals surface area contributed by atoms with Gasteiger partial charge in [0, 0.05) is 0 Å². The highest BCUT2D eigenvalue weighted by Gasteiger charge is 2.22. The third-order valence-corrected chi connectivity index (χ3v) is 2.73. The summed E-state index contributed by atoms with van der Waals surface area (Å²) in [5.41, 5.74) is 10.8. The fraction of sp³-hybridized carbons (Fsp3) is 0.750. The zero-order chi connectivity index (χ0) is 15.2. The maximum absolute atomic E-state index is 11.6. The Morgan fingerprint density at radius 2 is 1.58 bits per heavy atom. The minimum absolute atomic E-state index is 0.0166. The maximum atomic E-state index is 11.6. The molecule has 110 valence electrons. The molecule has 2 atom stereocenters.